The summed E-state index contributed by atoms with van der Waals surface area (Å²) < 4.78 is 74.4. The van der Waals surface area contributed by atoms with Gasteiger partial charge in [0.15, 0.2) is 0 Å². The maximum Gasteiger partial charge on any atom is 0.471 e. The summed E-state index contributed by atoms with van der Waals surface area (Å²) in [5, 5.41) is 5.96. The van der Waals surface area contributed by atoms with Crippen molar-refractivity contribution in [3.63, 3.8) is 0 Å². The van der Waals surface area contributed by atoms with E-state index in [4.69, 9.17) is 4.74 Å². The summed E-state index contributed by atoms with van der Waals surface area (Å²) in [6.45, 7) is 0.591. The molecular weight excluding hydrogens is 455 g/mol. The third-order valence-electron chi connectivity index (χ3n) is 6.07. The largest absolute Gasteiger partial charge is 0.471 e. The lowest BCUT2D eigenvalue weighted by molar-refractivity contribution is -0.159. The number of alkyl halides is 5. The van der Waals surface area contributed by atoms with Crippen molar-refractivity contribution in [3.8, 4) is 11.4 Å². The van der Waals surface area contributed by atoms with E-state index < -0.39 is 54.2 Å². The van der Waals surface area contributed by atoms with E-state index in [9.17, 15) is 31.5 Å². The number of hydrogen-bond donors (Lipinski definition) is 1. The summed E-state index contributed by atoms with van der Waals surface area (Å²) in [4.78, 5) is 30.1. The van der Waals surface area contributed by atoms with Gasteiger partial charge in [-0.15, -0.1) is 0 Å². The Morgan fingerprint density at radius 1 is 1.27 bits per heavy atom. The molecule has 1 saturated heterocycles. The average Bonchev–Trinajstić information content (AvgIpc) is 3.09. The molecule has 1 N–H and O–H groups in total. The molecule has 5 rings (SSSR count). The Balaban J connectivity index is 1.34. The van der Waals surface area contributed by atoms with Gasteiger partial charge >= 0.3 is 12.1 Å². The highest BCUT2D eigenvalue weighted by atomic mass is 19.4. The second-order valence-corrected chi connectivity index (χ2v) is 8.29. The number of aromatic nitrogens is 2. The first-order chi connectivity index (χ1) is 15.5. The monoisotopic (exact) mass is 472 g/mol. The molecule has 13 heteroatoms. The quantitative estimate of drug-likeness (QED) is 0.688. The summed E-state index contributed by atoms with van der Waals surface area (Å²) >= 11 is 0. The predicted molar refractivity (Wildman–Crippen MR) is 98.8 cm³/mol. The number of rotatable bonds is 4. The zero-order valence-electron chi connectivity index (χ0n) is 16.9. The number of carbonyl (C=O) groups excluding carboxylic acids is 2. The summed E-state index contributed by atoms with van der Waals surface area (Å²) in [7, 11) is 0. The van der Waals surface area contributed by atoms with Crippen molar-refractivity contribution >= 4 is 11.8 Å². The SMILES string of the molecule is O=C(N[C@H]1CCOC[C@@H]1N1Cc2ccc(-c3noc(C(F)(F)F)n3)cc2C1=O)C1CC1(F)F. The Bertz CT molecular complexity index is 1120. The molecule has 1 aromatic heterocycles. The lowest BCUT2D eigenvalue weighted by Gasteiger charge is -2.38. The molecule has 2 aromatic rings. The summed E-state index contributed by atoms with van der Waals surface area (Å²) in [6.07, 6.45) is -4.93. The normalized spacial score (nSPS) is 26.3. The Morgan fingerprint density at radius 2 is 2.03 bits per heavy atom. The lowest BCUT2D eigenvalue weighted by atomic mass is 10.0. The van der Waals surface area contributed by atoms with Crippen molar-refractivity contribution in [2.24, 2.45) is 5.92 Å². The van der Waals surface area contributed by atoms with Gasteiger partial charge in [-0.05, 0) is 18.1 Å². The highest BCUT2D eigenvalue weighted by Crippen LogP contribution is 2.48. The van der Waals surface area contributed by atoms with E-state index in [-0.39, 0.29) is 30.1 Å². The number of amides is 2. The summed E-state index contributed by atoms with van der Waals surface area (Å²) in [5.41, 5.74) is 1.03. The van der Waals surface area contributed by atoms with Gasteiger partial charge in [0.25, 0.3) is 11.8 Å². The number of nitrogens with one attached hydrogen (secondary N) is 1. The minimum Gasteiger partial charge on any atom is -0.379 e. The van der Waals surface area contributed by atoms with Gasteiger partial charge in [-0.3, -0.25) is 9.59 Å². The van der Waals surface area contributed by atoms with Gasteiger partial charge < -0.3 is 19.5 Å². The molecule has 3 aliphatic rings. The number of nitrogens with zero attached hydrogens (tertiary/aromatic N) is 3. The minimum atomic E-state index is -4.79. The van der Waals surface area contributed by atoms with Gasteiger partial charge in [0.1, 0.15) is 5.92 Å². The van der Waals surface area contributed by atoms with Crippen LogP contribution in [0.25, 0.3) is 11.4 Å². The molecule has 0 radical (unpaired) electrons. The molecule has 1 aliphatic carbocycles. The van der Waals surface area contributed by atoms with Crippen LogP contribution in [0.1, 0.15) is 34.7 Å². The van der Waals surface area contributed by atoms with E-state index in [0.717, 1.165) is 0 Å². The molecule has 33 heavy (non-hydrogen) atoms. The Kier molecular flexibility index (Phi) is 4.92. The Hall–Kier alpha value is -3.09. The number of hydrogen-bond acceptors (Lipinski definition) is 6. The van der Waals surface area contributed by atoms with Crippen LogP contribution in [0.2, 0.25) is 0 Å². The third-order valence-corrected chi connectivity index (χ3v) is 6.07. The van der Waals surface area contributed by atoms with Crippen molar-refractivity contribution < 1.29 is 40.8 Å². The molecule has 1 unspecified atom stereocenters. The van der Waals surface area contributed by atoms with Crippen molar-refractivity contribution in [2.75, 3.05) is 13.2 Å². The zero-order valence-corrected chi connectivity index (χ0v) is 16.9. The maximum atomic E-state index is 13.3. The molecule has 2 aliphatic heterocycles. The molecule has 1 saturated carbocycles. The van der Waals surface area contributed by atoms with Gasteiger partial charge in [0.2, 0.25) is 11.7 Å². The molecule has 8 nitrogen and oxygen atoms in total. The number of fused-ring (bicyclic) bond motifs is 1. The van der Waals surface area contributed by atoms with Crippen molar-refractivity contribution in [3.05, 3.63) is 35.2 Å². The third kappa shape index (κ3) is 3.94. The van der Waals surface area contributed by atoms with Crippen LogP contribution in [0.15, 0.2) is 22.7 Å². The van der Waals surface area contributed by atoms with Gasteiger partial charge in [-0.25, -0.2) is 8.78 Å². The maximum absolute atomic E-state index is 13.3. The van der Waals surface area contributed by atoms with Crippen molar-refractivity contribution in [1.29, 1.82) is 0 Å². The van der Waals surface area contributed by atoms with E-state index in [1.54, 1.807) is 6.07 Å². The molecule has 3 heterocycles. The van der Waals surface area contributed by atoms with Crippen LogP contribution in [0.4, 0.5) is 22.0 Å². The zero-order chi connectivity index (χ0) is 23.5. The molecule has 2 fully saturated rings. The first kappa shape index (κ1) is 21.7. The highest BCUT2D eigenvalue weighted by molar-refractivity contribution is 5.99. The molecule has 0 spiro atoms. The van der Waals surface area contributed by atoms with Crippen LogP contribution >= 0.6 is 0 Å². The molecular formula is C20H17F5N4O4. The summed E-state index contributed by atoms with van der Waals surface area (Å²) in [6, 6.07) is 3.29. The van der Waals surface area contributed by atoms with Crippen LogP contribution in [0.3, 0.4) is 0 Å². The average molecular weight is 472 g/mol. The van der Waals surface area contributed by atoms with Gasteiger partial charge in [-0.2, -0.15) is 18.2 Å². The first-order valence-electron chi connectivity index (χ1n) is 10.2. The standard InChI is InChI=1S/C20H17F5N4O4/c21-19(22)6-12(19)16(30)26-13-3-4-32-8-14(13)29-7-10-2-1-9(5-11(10)17(29)31)15-27-18(33-28-15)20(23,24)25/h1-2,5,12-14H,3-4,6-8H2,(H,26,30)/t12?,13-,14-/m0/s1. The fourth-order valence-electron chi connectivity index (χ4n) is 4.17. The number of carbonyl (C=O) groups is 2. The van der Waals surface area contributed by atoms with Crippen LogP contribution in [-0.2, 0) is 22.3 Å². The topological polar surface area (TPSA) is 97.6 Å². The smallest absolute Gasteiger partial charge is 0.379 e. The molecule has 176 valence electrons. The van der Waals surface area contributed by atoms with E-state index in [0.29, 0.717) is 18.6 Å². The van der Waals surface area contributed by atoms with E-state index in [2.05, 4.69) is 20.0 Å². The van der Waals surface area contributed by atoms with Crippen LogP contribution in [0.5, 0.6) is 0 Å². The fraction of sp³-hybridized carbons (Fsp3) is 0.500. The minimum absolute atomic E-state index is 0.110. The van der Waals surface area contributed by atoms with Crippen LogP contribution < -0.4 is 5.32 Å². The highest BCUT2D eigenvalue weighted by Gasteiger charge is 2.61. The van der Waals surface area contributed by atoms with Gasteiger partial charge in [0.05, 0.1) is 18.7 Å². The lowest BCUT2D eigenvalue weighted by Crippen LogP contribution is -2.57. The molecule has 0 bridgehead atoms. The van der Waals surface area contributed by atoms with E-state index >= 15 is 0 Å². The van der Waals surface area contributed by atoms with Gasteiger partial charge in [-0.1, -0.05) is 17.3 Å². The second-order valence-electron chi connectivity index (χ2n) is 8.29. The van der Waals surface area contributed by atoms with E-state index in [1.807, 2.05) is 0 Å². The Labute approximate surface area is 183 Å². The van der Waals surface area contributed by atoms with E-state index in [1.165, 1.54) is 17.0 Å². The number of ether oxygens (including phenoxy) is 1. The van der Waals surface area contributed by atoms with Crippen molar-refractivity contribution in [1.82, 2.24) is 20.4 Å². The van der Waals surface area contributed by atoms with Crippen LogP contribution in [-0.4, -0.2) is 58.1 Å². The predicted octanol–water partition coefficient (Wildman–Crippen LogP) is 2.64. The number of halogens is 5. The number of benzene rings is 1. The van der Waals surface area contributed by atoms with Crippen molar-refractivity contribution in [2.45, 2.75) is 43.6 Å². The molecule has 1 aromatic carbocycles. The second kappa shape index (κ2) is 7.47. The first-order valence-corrected chi connectivity index (χ1v) is 10.2. The molecule has 3 atom stereocenters. The summed E-state index contributed by atoms with van der Waals surface area (Å²) in [5.74, 6) is -7.33. The van der Waals surface area contributed by atoms with Crippen LogP contribution in [0, 0.1) is 5.92 Å². The van der Waals surface area contributed by atoms with Gasteiger partial charge in [0, 0.05) is 30.7 Å². The fourth-order valence-corrected chi connectivity index (χ4v) is 4.17. The molecule has 2 amide bonds. The Morgan fingerprint density at radius 3 is 2.70 bits per heavy atom.